The molecule has 0 spiro atoms. The van der Waals surface area contributed by atoms with E-state index in [0.29, 0.717) is 6.42 Å². The topological polar surface area (TPSA) is 84.0 Å². The summed E-state index contributed by atoms with van der Waals surface area (Å²) in [7, 11) is -2.45. The fourth-order valence-corrected chi connectivity index (χ4v) is 1.05. The molecular weight excluding hydrogens is 152 g/mol. The van der Waals surface area contributed by atoms with Gasteiger partial charge in [-0.3, -0.25) is 0 Å². The van der Waals surface area contributed by atoms with Crippen LogP contribution in [-0.2, 0) is 10.7 Å². The van der Waals surface area contributed by atoms with Crippen LogP contribution in [0.4, 0.5) is 0 Å². The Kier molecular flexibility index (Phi) is 4.22. The summed E-state index contributed by atoms with van der Waals surface area (Å²) in [6.45, 7) is 1.74. The fraction of sp³-hybridized carbons (Fsp3) is 0.800. The first-order valence-corrected chi connectivity index (χ1v) is 4.32. The molecule has 0 radical (unpaired) electrons. The fourth-order valence-electron chi connectivity index (χ4n) is 0.609. The molecule has 5 heteroatoms. The molecule has 3 N–H and O–H groups in total. The van der Waals surface area contributed by atoms with Crippen LogP contribution in [0.2, 0.25) is 0 Å². The van der Waals surface area contributed by atoms with Crippen LogP contribution in [-0.4, -0.2) is 25.9 Å². The van der Waals surface area contributed by atoms with Crippen LogP contribution >= 0.6 is 0 Å². The third kappa shape index (κ3) is 5.71. The van der Waals surface area contributed by atoms with Crippen LogP contribution in [0.15, 0.2) is 0 Å². The third-order valence-corrected chi connectivity index (χ3v) is 1.53. The van der Waals surface area contributed by atoms with Gasteiger partial charge in [-0.25, -0.2) is 8.42 Å². The second-order valence-corrected chi connectivity index (χ2v) is 3.26. The minimum Gasteiger partial charge on any atom is -0.328 e. The molecule has 0 rings (SSSR count). The Morgan fingerprint density at radius 3 is 2.50 bits per heavy atom. The Morgan fingerprint density at radius 2 is 2.20 bits per heavy atom. The summed E-state index contributed by atoms with van der Waals surface area (Å²) in [5.41, 5.74) is 5.52. The Bertz CT molecular complexity index is 178. The molecule has 0 amide bonds. The van der Waals surface area contributed by atoms with E-state index in [0.717, 1.165) is 0 Å². The maximum absolute atomic E-state index is 10.0. The molecule has 0 bridgehead atoms. The first-order chi connectivity index (χ1) is 4.52. The monoisotopic (exact) mass is 164 g/mol. The lowest BCUT2D eigenvalue weighted by Gasteiger charge is -2.02. The van der Waals surface area contributed by atoms with Gasteiger partial charge in [0.15, 0.2) is 0 Å². The number of nitrogens with one attached hydrogen (secondary N) is 1. The van der Waals surface area contributed by atoms with Crippen molar-refractivity contribution in [3.8, 4) is 0 Å². The maximum Gasteiger partial charge on any atom is 0.145 e. The molecule has 0 saturated heterocycles. The van der Waals surface area contributed by atoms with E-state index in [1.807, 2.05) is 0 Å². The summed E-state index contributed by atoms with van der Waals surface area (Å²) >= 11 is 0. The summed E-state index contributed by atoms with van der Waals surface area (Å²) in [5.74, 6) is -0.156. The molecule has 10 heavy (non-hydrogen) atoms. The first kappa shape index (κ1) is 9.58. The predicted molar refractivity (Wildman–Crippen MR) is 41.2 cm³/mol. The molecule has 0 aliphatic heterocycles. The molecule has 0 aliphatic carbocycles. The molecule has 0 saturated carbocycles. The van der Waals surface area contributed by atoms with Crippen LogP contribution in [0, 0.1) is 5.41 Å². The highest BCUT2D eigenvalue weighted by atomic mass is 32.2. The highest BCUT2D eigenvalue weighted by Gasteiger charge is 2.01. The Balaban J connectivity index is 3.65. The Hall–Kier alpha value is -0.420. The summed E-state index contributed by atoms with van der Waals surface area (Å²) in [5, 5.41) is 7.09. The molecule has 0 fully saturated rings. The molecule has 1 atom stereocenters. The van der Waals surface area contributed by atoms with Gasteiger partial charge in [-0.05, 0) is 6.92 Å². The number of rotatable bonds is 4. The lowest BCUT2D eigenvalue weighted by Crippen LogP contribution is -2.21. The van der Waals surface area contributed by atoms with Gasteiger partial charge >= 0.3 is 0 Å². The van der Waals surface area contributed by atoms with E-state index in [-0.39, 0.29) is 17.5 Å². The van der Waals surface area contributed by atoms with E-state index in [1.165, 1.54) is 0 Å². The van der Waals surface area contributed by atoms with Crippen molar-refractivity contribution in [2.75, 3.05) is 5.75 Å². The van der Waals surface area contributed by atoms with Gasteiger partial charge in [-0.2, -0.15) is 0 Å². The second-order valence-electron chi connectivity index (χ2n) is 2.28. The van der Waals surface area contributed by atoms with Crippen LogP contribution in [0.1, 0.15) is 13.3 Å². The van der Waals surface area contributed by atoms with Crippen LogP contribution in [0.3, 0.4) is 0 Å². The van der Waals surface area contributed by atoms with E-state index in [9.17, 15) is 8.42 Å². The Labute approximate surface area is 61.9 Å². The van der Waals surface area contributed by atoms with Crippen molar-refractivity contribution < 1.29 is 8.42 Å². The predicted octanol–water partition coefficient (Wildman–Crippen LogP) is -0.645. The molecule has 0 aromatic carbocycles. The lowest BCUT2D eigenvalue weighted by molar-refractivity contribution is 0.617. The number of hydrogen-bond acceptors (Lipinski definition) is 4. The molecule has 0 heterocycles. The molecular formula is C5H12N2O2S. The average Bonchev–Trinajstić information content (AvgIpc) is 1.58. The van der Waals surface area contributed by atoms with Gasteiger partial charge in [0.25, 0.3) is 0 Å². The van der Waals surface area contributed by atoms with Crippen molar-refractivity contribution in [3.05, 3.63) is 0 Å². The van der Waals surface area contributed by atoms with Crippen LogP contribution < -0.4 is 5.73 Å². The highest BCUT2D eigenvalue weighted by molar-refractivity contribution is 7.73. The highest BCUT2D eigenvalue weighted by Crippen LogP contribution is 1.88. The van der Waals surface area contributed by atoms with E-state index in [2.05, 4.69) is 0 Å². The zero-order chi connectivity index (χ0) is 8.15. The van der Waals surface area contributed by atoms with Crippen LogP contribution in [0.25, 0.3) is 0 Å². The minimum absolute atomic E-state index is 0.123. The zero-order valence-electron chi connectivity index (χ0n) is 5.83. The van der Waals surface area contributed by atoms with Gasteiger partial charge < -0.3 is 11.1 Å². The quantitative estimate of drug-likeness (QED) is 0.381. The van der Waals surface area contributed by atoms with Crippen molar-refractivity contribution in [1.29, 1.82) is 5.41 Å². The van der Waals surface area contributed by atoms with E-state index in [1.54, 1.807) is 6.92 Å². The summed E-state index contributed by atoms with van der Waals surface area (Å²) in [4.78, 5) is 0. The molecule has 0 aromatic heterocycles. The smallest absolute Gasteiger partial charge is 0.145 e. The average molecular weight is 164 g/mol. The summed E-state index contributed by atoms with van der Waals surface area (Å²) in [6.07, 6.45) is 0.364. The van der Waals surface area contributed by atoms with Gasteiger partial charge in [0, 0.05) is 18.2 Å². The van der Waals surface area contributed by atoms with E-state index >= 15 is 0 Å². The third-order valence-electron chi connectivity index (χ3n) is 0.888. The minimum atomic E-state index is -2.45. The summed E-state index contributed by atoms with van der Waals surface area (Å²) in [6, 6.07) is -0.123. The zero-order valence-corrected chi connectivity index (χ0v) is 6.73. The van der Waals surface area contributed by atoms with Crippen molar-refractivity contribution in [2.45, 2.75) is 19.4 Å². The van der Waals surface area contributed by atoms with E-state index in [4.69, 9.17) is 11.1 Å². The van der Waals surface area contributed by atoms with Crippen molar-refractivity contribution in [1.82, 2.24) is 0 Å². The lowest BCUT2D eigenvalue weighted by atomic mass is 10.2. The molecule has 0 aliphatic rings. The van der Waals surface area contributed by atoms with Gasteiger partial charge in [0.2, 0.25) is 0 Å². The maximum atomic E-state index is 10.0. The molecule has 0 aromatic rings. The van der Waals surface area contributed by atoms with Crippen LogP contribution in [0.5, 0.6) is 0 Å². The first-order valence-electron chi connectivity index (χ1n) is 2.96. The van der Waals surface area contributed by atoms with Gasteiger partial charge in [-0.15, -0.1) is 0 Å². The number of thiol groups is 1. The number of hydrogen-bond donors (Lipinski definition) is 3. The van der Waals surface area contributed by atoms with Gasteiger partial charge in [-0.1, -0.05) is 0 Å². The van der Waals surface area contributed by atoms with Crippen molar-refractivity contribution in [2.24, 2.45) is 5.73 Å². The molecule has 0 unspecified atom stereocenters. The normalized spacial score (nSPS) is 13.5. The second kappa shape index (κ2) is 4.40. The van der Waals surface area contributed by atoms with Gasteiger partial charge in [0.05, 0.1) is 5.75 Å². The van der Waals surface area contributed by atoms with E-state index < -0.39 is 10.7 Å². The van der Waals surface area contributed by atoms with Crippen molar-refractivity contribution in [3.63, 3.8) is 0 Å². The molecule has 4 nitrogen and oxygen atoms in total. The standard InChI is InChI=1S/C5H12N2O2S/c1-4(6)2-5(7)3-10(8)9/h4,7,10H,2-3,6H2,1H3/t4-/m1/s1. The number of nitrogens with two attached hydrogens (primary N) is 1. The van der Waals surface area contributed by atoms with Crippen molar-refractivity contribution >= 4 is 16.4 Å². The van der Waals surface area contributed by atoms with Gasteiger partial charge in [0.1, 0.15) is 10.7 Å². The molecule has 60 valence electrons. The Morgan fingerprint density at radius 1 is 1.70 bits per heavy atom. The largest absolute Gasteiger partial charge is 0.328 e. The SMILES string of the molecule is C[C@@H](N)CC(=N)C[SH](=O)=O. The summed E-state index contributed by atoms with van der Waals surface area (Å²) < 4.78 is 20.1.